The first-order chi connectivity index (χ1) is 6.27. The Morgan fingerprint density at radius 2 is 1.85 bits per heavy atom. The fraction of sp³-hybridized carbons (Fsp3) is 0.125. The van der Waals surface area contributed by atoms with Crippen LogP contribution in [0.5, 0.6) is 0 Å². The van der Waals surface area contributed by atoms with Crippen LogP contribution in [-0.4, -0.2) is 65.6 Å². The molecule has 0 unspecified atom stereocenters. The molecular formula is C8H6OSe4. The fourth-order valence-electron chi connectivity index (χ4n) is 0.803. The predicted molar refractivity (Wildman–Crippen MR) is 57.9 cm³/mol. The van der Waals surface area contributed by atoms with Crippen LogP contribution in [-0.2, 0) is 4.79 Å². The van der Waals surface area contributed by atoms with Gasteiger partial charge in [-0.1, -0.05) is 0 Å². The van der Waals surface area contributed by atoms with Gasteiger partial charge in [0.1, 0.15) is 0 Å². The summed E-state index contributed by atoms with van der Waals surface area (Å²) in [4.78, 5) is 18.0. The number of hydrogen-bond acceptors (Lipinski definition) is 1. The molecule has 0 atom stereocenters. The van der Waals surface area contributed by atoms with Crippen molar-refractivity contribution in [2.75, 3.05) is 0 Å². The van der Waals surface area contributed by atoms with E-state index in [-0.39, 0.29) is 0 Å². The molecule has 2 aliphatic rings. The van der Waals surface area contributed by atoms with Crippen molar-refractivity contribution in [1.29, 1.82) is 0 Å². The third-order valence-electron chi connectivity index (χ3n) is 1.40. The van der Waals surface area contributed by atoms with Gasteiger partial charge < -0.3 is 0 Å². The van der Waals surface area contributed by atoms with Crippen LogP contribution < -0.4 is 0 Å². The fourth-order valence-corrected chi connectivity index (χ4v) is 14.3. The van der Waals surface area contributed by atoms with Crippen LogP contribution >= 0.6 is 0 Å². The van der Waals surface area contributed by atoms with Gasteiger partial charge in [0.25, 0.3) is 0 Å². The van der Waals surface area contributed by atoms with Gasteiger partial charge >= 0.3 is 103 Å². The summed E-state index contributed by atoms with van der Waals surface area (Å²) < 4.78 is 4.50. The first kappa shape index (κ1) is 10.5. The van der Waals surface area contributed by atoms with Crippen molar-refractivity contribution in [2.24, 2.45) is 0 Å². The molecule has 0 aromatic heterocycles. The summed E-state index contributed by atoms with van der Waals surface area (Å²) in [6.45, 7) is 1.69. The Labute approximate surface area is 102 Å². The Hall–Kier alpha value is 0.968. The van der Waals surface area contributed by atoms with E-state index in [0.717, 1.165) is 4.47 Å². The normalized spacial score (nSPS) is 21.2. The first-order valence-corrected chi connectivity index (χ1v) is 10.8. The Morgan fingerprint density at radius 1 is 1.15 bits per heavy atom. The standard InChI is InChI=1S/C8H6OSe4/c1-5(9)6-4-12-8(13-6)7-10-2-3-11-7/h2-4H,1H3. The summed E-state index contributed by atoms with van der Waals surface area (Å²) >= 11 is 2.19. The summed E-state index contributed by atoms with van der Waals surface area (Å²) in [7, 11) is 0. The van der Waals surface area contributed by atoms with Gasteiger partial charge in [-0.3, -0.25) is 0 Å². The van der Waals surface area contributed by atoms with Crippen LogP contribution in [0.1, 0.15) is 6.92 Å². The second-order valence-corrected chi connectivity index (χ2v) is 12.9. The van der Waals surface area contributed by atoms with E-state index in [9.17, 15) is 4.79 Å². The van der Waals surface area contributed by atoms with E-state index in [1.807, 2.05) is 0 Å². The Balaban J connectivity index is 2.10. The van der Waals surface area contributed by atoms with Crippen molar-refractivity contribution in [3.05, 3.63) is 26.1 Å². The van der Waals surface area contributed by atoms with Crippen molar-refractivity contribution >= 4 is 65.6 Å². The Kier molecular flexibility index (Phi) is 3.76. The van der Waals surface area contributed by atoms with Crippen LogP contribution in [0.2, 0.25) is 0 Å². The molecule has 0 fully saturated rings. The van der Waals surface area contributed by atoms with Crippen molar-refractivity contribution < 1.29 is 4.79 Å². The van der Waals surface area contributed by atoms with Crippen LogP contribution in [0.25, 0.3) is 0 Å². The third-order valence-corrected chi connectivity index (χ3v) is 16.3. The molecule has 0 aliphatic carbocycles. The van der Waals surface area contributed by atoms with E-state index in [1.165, 1.54) is 0 Å². The SMILES string of the molecule is CC(=O)C1=C[Se]C(=C2[Se]C=C[Se]2)[Se]1. The van der Waals surface area contributed by atoms with Gasteiger partial charge in [0, 0.05) is 0 Å². The number of ketones is 1. The molecule has 0 saturated heterocycles. The van der Waals surface area contributed by atoms with Crippen LogP contribution in [0.4, 0.5) is 0 Å². The predicted octanol–water partition coefficient (Wildman–Crippen LogP) is -0.141. The van der Waals surface area contributed by atoms with Crippen LogP contribution in [0.3, 0.4) is 0 Å². The van der Waals surface area contributed by atoms with Crippen molar-refractivity contribution in [3.8, 4) is 0 Å². The molecule has 1 nitrogen and oxygen atoms in total. The summed E-state index contributed by atoms with van der Waals surface area (Å²) in [5, 5.41) is 0. The second kappa shape index (κ2) is 4.66. The zero-order valence-electron chi connectivity index (χ0n) is 6.77. The summed E-state index contributed by atoms with van der Waals surface area (Å²) in [6.07, 6.45) is 0. The third kappa shape index (κ3) is 2.50. The Morgan fingerprint density at radius 3 is 2.38 bits per heavy atom. The molecule has 2 aliphatic heterocycles. The van der Waals surface area contributed by atoms with Gasteiger partial charge in [0.2, 0.25) is 0 Å². The molecule has 0 saturated carbocycles. The number of Topliss-reactive ketones (excluding diaryl/α,β-unsaturated/α-hetero) is 1. The van der Waals surface area contributed by atoms with E-state index < -0.39 is 0 Å². The second-order valence-electron chi connectivity index (χ2n) is 2.34. The molecule has 5 heteroatoms. The molecular weight excluding hydrogens is 428 g/mol. The average Bonchev–Trinajstić information content (AvgIpc) is 2.75. The van der Waals surface area contributed by atoms with Crippen molar-refractivity contribution in [3.63, 3.8) is 0 Å². The first-order valence-electron chi connectivity index (χ1n) is 3.55. The van der Waals surface area contributed by atoms with E-state index in [0.29, 0.717) is 65.6 Å². The molecule has 0 radical (unpaired) electrons. The van der Waals surface area contributed by atoms with Crippen molar-refractivity contribution in [2.45, 2.75) is 6.92 Å². The number of hydrogen-bond donors (Lipinski definition) is 0. The van der Waals surface area contributed by atoms with E-state index in [1.54, 1.807) is 13.7 Å². The molecule has 13 heavy (non-hydrogen) atoms. The van der Waals surface area contributed by atoms with Gasteiger partial charge in [0.15, 0.2) is 0 Å². The maximum absolute atomic E-state index is 11.1. The molecule has 0 bridgehead atoms. The monoisotopic (exact) mass is 438 g/mol. The molecule has 2 heterocycles. The van der Waals surface area contributed by atoms with Crippen LogP contribution in [0, 0.1) is 0 Å². The Bertz CT molecular complexity index is 330. The zero-order valence-corrected chi connectivity index (χ0v) is 13.6. The van der Waals surface area contributed by atoms with Gasteiger partial charge in [-0.25, -0.2) is 0 Å². The summed E-state index contributed by atoms with van der Waals surface area (Å²) in [6, 6.07) is 0. The molecule has 0 aromatic rings. The molecule has 0 aromatic carbocycles. The van der Waals surface area contributed by atoms with Crippen LogP contribution in [0.15, 0.2) is 26.1 Å². The number of carbonyl (C=O) groups is 1. The minimum absolute atomic E-state index is 0.295. The number of rotatable bonds is 1. The topological polar surface area (TPSA) is 17.1 Å². The summed E-state index contributed by atoms with van der Waals surface area (Å²) in [5.41, 5.74) is 0. The summed E-state index contributed by atoms with van der Waals surface area (Å²) in [5.74, 6) is 0.295. The number of carbonyl (C=O) groups excluding carboxylic acids is 1. The molecule has 0 spiro atoms. The molecule has 2 rings (SSSR count). The van der Waals surface area contributed by atoms with Gasteiger partial charge in [0.05, 0.1) is 0 Å². The zero-order chi connectivity index (χ0) is 9.26. The maximum atomic E-state index is 11.1. The van der Waals surface area contributed by atoms with Gasteiger partial charge in [-0.15, -0.1) is 0 Å². The quantitative estimate of drug-likeness (QED) is 0.526. The van der Waals surface area contributed by atoms with Gasteiger partial charge in [-0.2, -0.15) is 0 Å². The molecule has 0 N–H and O–H groups in total. The average molecular weight is 434 g/mol. The molecule has 0 amide bonds. The van der Waals surface area contributed by atoms with Crippen molar-refractivity contribution in [1.82, 2.24) is 0 Å². The van der Waals surface area contributed by atoms with E-state index in [2.05, 4.69) is 14.9 Å². The van der Waals surface area contributed by atoms with E-state index >= 15 is 0 Å². The minimum atomic E-state index is 0.295. The molecule has 68 valence electrons. The van der Waals surface area contributed by atoms with Gasteiger partial charge in [-0.05, 0) is 0 Å². The van der Waals surface area contributed by atoms with E-state index in [4.69, 9.17) is 0 Å². The number of allylic oxidation sites excluding steroid dienone is 1.